The minimum absolute atomic E-state index is 0.629. The summed E-state index contributed by atoms with van der Waals surface area (Å²) in [7, 11) is 0. The van der Waals surface area contributed by atoms with Gasteiger partial charge in [-0.1, -0.05) is 51.0 Å². The summed E-state index contributed by atoms with van der Waals surface area (Å²) in [4.78, 5) is 0. The van der Waals surface area contributed by atoms with E-state index in [1.165, 1.54) is 36.8 Å². The summed E-state index contributed by atoms with van der Waals surface area (Å²) in [6.45, 7) is 7.85. The molecule has 0 aromatic heterocycles. The van der Waals surface area contributed by atoms with Gasteiger partial charge in [0, 0.05) is 12.6 Å². The molecular formula is C17H27N. The second-order valence-electron chi connectivity index (χ2n) is 6.11. The molecule has 0 heterocycles. The van der Waals surface area contributed by atoms with Gasteiger partial charge in [0.2, 0.25) is 0 Å². The van der Waals surface area contributed by atoms with E-state index >= 15 is 0 Å². The second-order valence-corrected chi connectivity index (χ2v) is 6.11. The fraction of sp³-hybridized carbons (Fsp3) is 0.647. The predicted molar refractivity (Wildman–Crippen MR) is 78.8 cm³/mol. The lowest BCUT2D eigenvalue weighted by Crippen LogP contribution is -2.31. The Balaban J connectivity index is 1.82. The second kappa shape index (κ2) is 6.38. The first-order chi connectivity index (χ1) is 8.66. The van der Waals surface area contributed by atoms with Crippen molar-refractivity contribution in [3.63, 3.8) is 0 Å². The Morgan fingerprint density at radius 1 is 1.06 bits per heavy atom. The van der Waals surface area contributed by atoms with Crippen molar-refractivity contribution in [3.8, 4) is 0 Å². The zero-order chi connectivity index (χ0) is 13.0. The van der Waals surface area contributed by atoms with Crippen LogP contribution >= 0.6 is 0 Å². The zero-order valence-electron chi connectivity index (χ0n) is 12.1. The Hall–Kier alpha value is -0.820. The third-order valence-electron chi connectivity index (χ3n) is 4.38. The fourth-order valence-electron chi connectivity index (χ4n) is 2.92. The topological polar surface area (TPSA) is 12.0 Å². The molecule has 1 aromatic carbocycles. The van der Waals surface area contributed by atoms with Gasteiger partial charge in [0.15, 0.2) is 0 Å². The van der Waals surface area contributed by atoms with E-state index in [-0.39, 0.29) is 0 Å². The number of benzene rings is 1. The average molecular weight is 245 g/mol. The van der Waals surface area contributed by atoms with Gasteiger partial charge in [-0.3, -0.25) is 0 Å². The Morgan fingerprint density at radius 2 is 1.67 bits per heavy atom. The van der Waals surface area contributed by atoms with E-state index < -0.39 is 0 Å². The molecule has 1 fully saturated rings. The van der Waals surface area contributed by atoms with E-state index in [9.17, 15) is 0 Å². The van der Waals surface area contributed by atoms with Crippen LogP contribution in [0.1, 0.15) is 63.5 Å². The lowest BCUT2D eigenvalue weighted by molar-refractivity contribution is 0.380. The summed E-state index contributed by atoms with van der Waals surface area (Å²) in [5.74, 6) is 1.53. The first-order valence-electron chi connectivity index (χ1n) is 7.49. The van der Waals surface area contributed by atoms with E-state index in [0.29, 0.717) is 12.0 Å². The Kier molecular flexibility index (Phi) is 4.82. The van der Waals surface area contributed by atoms with Crippen LogP contribution in [0.5, 0.6) is 0 Å². The third-order valence-corrected chi connectivity index (χ3v) is 4.38. The average Bonchev–Trinajstić information content (AvgIpc) is 2.90. The summed E-state index contributed by atoms with van der Waals surface area (Å²) in [6, 6.07) is 9.73. The summed E-state index contributed by atoms with van der Waals surface area (Å²) in [5, 5.41) is 3.69. The number of nitrogens with one attached hydrogen (secondary N) is 1. The predicted octanol–water partition coefficient (Wildman–Crippen LogP) is 4.48. The van der Waals surface area contributed by atoms with Crippen LogP contribution in [0.4, 0.5) is 0 Å². The highest BCUT2D eigenvalue weighted by molar-refractivity contribution is 5.24. The molecule has 1 atom stereocenters. The van der Waals surface area contributed by atoms with Crippen molar-refractivity contribution in [2.75, 3.05) is 0 Å². The first-order valence-corrected chi connectivity index (χ1v) is 7.49. The number of rotatable bonds is 5. The zero-order valence-corrected chi connectivity index (χ0v) is 12.1. The molecule has 0 radical (unpaired) electrons. The van der Waals surface area contributed by atoms with Gasteiger partial charge in [-0.25, -0.2) is 0 Å². The Morgan fingerprint density at radius 3 is 2.22 bits per heavy atom. The maximum atomic E-state index is 3.69. The number of hydrogen-bond donors (Lipinski definition) is 1. The molecule has 2 rings (SSSR count). The molecule has 1 N–H and O–H groups in total. The SMILES string of the molecule is CC(C)c1ccc(CN[C@@H](C)C2CCCC2)cc1. The Bertz CT molecular complexity index is 346. The van der Waals surface area contributed by atoms with Crippen LogP contribution in [0.15, 0.2) is 24.3 Å². The summed E-state index contributed by atoms with van der Waals surface area (Å²) >= 11 is 0. The molecule has 0 unspecified atom stereocenters. The van der Waals surface area contributed by atoms with Gasteiger partial charge in [0.1, 0.15) is 0 Å². The molecule has 0 amide bonds. The molecule has 100 valence electrons. The quantitative estimate of drug-likeness (QED) is 0.806. The minimum Gasteiger partial charge on any atom is -0.310 e. The van der Waals surface area contributed by atoms with Gasteiger partial charge < -0.3 is 5.32 Å². The van der Waals surface area contributed by atoms with Crippen molar-refractivity contribution in [1.82, 2.24) is 5.32 Å². The molecule has 1 aliphatic carbocycles. The van der Waals surface area contributed by atoms with Gasteiger partial charge in [-0.05, 0) is 42.7 Å². The maximum Gasteiger partial charge on any atom is 0.0208 e. The normalized spacial score (nSPS) is 18.4. The highest BCUT2D eigenvalue weighted by atomic mass is 14.9. The molecule has 1 aliphatic rings. The molecule has 1 aromatic rings. The van der Waals surface area contributed by atoms with E-state index in [4.69, 9.17) is 0 Å². The maximum absolute atomic E-state index is 3.69. The smallest absolute Gasteiger partial charge is 0.0208 e. The van der Waals surface area contributed by atoms with E-state index in [0.717, 1.165) is 12.5 Å². The van der Waals surface area contributed by atoms with E-state index in [1.54, 1.807) is 0 Å². The molecule has 1 saturated carbocycles. The van der Waals surface area contributed by atoms with Crippen LogP contribution in [-0.2, 0) is 6.54 Å². The third kappa shape index (κ3) is 3.58. The highest BCUT2D eigenvalue weighted by Gasteiger charge is 2.20. The lowest BCUT2D eigenvalue weighted by atomic mass is 9.99. The van der Waals surface area contributed by atoms with Crippen molar-refractivity contribution in [2.24, 2.45) is 5.92 Å². The molecular weight excluding hydrogens is 218 g/mol. The summed E-state index contributed by atoms with van der Waals surface area (Å²) in [6.07, 6.45) is 5.69. The van der Waals surface area contributed by atoms with E-state index in [2.05, 4.69) is 50.4 Å². The van der Waals surface area contributed by atoms with Crippen LogP contribution in [0, 0.1) is 5.92 Å². The molecule has 1 nitrogen and oxygen atoms in total. The van der Waals surface area contributed by atoms with Crippen molar-refractivity contribution in [1.29, 1.82) is 0 Å². The monoisotopic (exact) mass is 245 g/mol. The first kappa shape index (κ1) is 13.6. The summed E-state index contributed by atoms with van der Waals surface area (Å²) < 4.78 is 0. The lowest BCUT2D eigenvalue weighted by Gasteiger charge is -2.20. The molecule has 0 saturated heterocycles. The van der Waals surface area contributed by atoms with Crippen molar-refractivity contribution in [2.45, 2.75) is 65.0 Å². The Labute approximate surface area is 112 Å². The molecule has 1 heteroatoms. The summed E-state index contributed by atoms with van der Waals surface area (Å²) in [5.41, 5.74) is 2.84. The van der Waals surface area contributed by atoms with Crippen LogP contribution < -0.4 is 5.32 Å². The van der Waals surface area contributed by atoms with Gasteiger partial charge in [-0.15, -0.1) is 0 Å². The van der Waals surface area contributed by atoms with Crippen LogP contribution in [0.2, 0.25) is 0 Å². The van der Waals surface area contributed by atoms with Crippen molar-refractivity contribution < 1.29 is 0 Å². The van der Waals surface area contributed by atoms with E-state index in [1.807, 2.05) is 0 Å². The standard InChI is InChI=1S/C17H27N/c1-13(2)16-10-8-15(9-11-16)12-18-14(3)17-6-4-5-7-17/h8-11,13-14,17-18H,4-7,12H2,1-3H3/t14-/m0/s1. The van der Waals surface area contributed by atoms with Crippen molar-refractivity contribution >= 4 is 0 Å². The minimum atomic E-state index is 0.629. The molecule has 0 bridgehead atoms. The largest absolute Gasteiger partial charge is 0.310 e. The van der Waals surface area contributed by atoms with Crippen LogP contribution in [-0.4, -0.2) is 6.04 Å². The van der Waals surface area contributed by atoms with Gasteiger partial charge in [0.25, 0.3) is 0 Å². The van der Waals surface area contributed by atoms with Crippen molar-refractivity contribution in [3.05, 3.63) is 35.4 Å². The van der Waals surface area contributed by atoms with Crippen LogP contribution in [0.3, 0.4) is 0 Å². The van der Waals surface area contributed by atoms with Crippen LogP contribution in [0.25, 0.3) is 0 Å². The fourth-order valence-corrected chi connectivity index (χ4v) is 2.92. The highest BCUT2D eigenvalue weighted by Crippen LogP contribution is 2.27. The molecule has 0 spiro atoms. The molecule has 18 heavy (non-hydrogen) atoms. The number of hydrogen-bond acceptors (Lipinski definition) is 1. The van der Waals surface area contributed by atoms with Gasteiger partial charge >= 0.3 is 0 Å². The van der Waals surface area contributed by atoms with Gasteiger partial charge in [0.05, 0.1) is 0 Å². The molecule has 0 aliphatic heterocycles. The van der Waals surface area contributed by atoms with Gasteiger partial charge in [-0.2, -0.15) is 0 Å².